The number of aromatic nitrogens is 2. The number of alkyl halides is 2. The van der Waals surface area contributed by atoms with Crippen LogP contribution in [0.2, 0.25) is 0 Å². The molecule has 1 aromatic heterocycles. The lowest BCUT2D eigenvalue weighted by molar-refractivity contribution is -0.141. The van der Waals surface area contributed by atoms with E-state index >= 15 is 0 Å². The van der Waals surface area contributed by atoms with Gasteiger partial charge in [-0.05, 0) is 64.9 Å². The molecule has 48 heavy (non-hydrogen) atoms. The lowest BCUT2D eigenvalue weighted by Crippen LogP contribution is -2.42. The number of hydrogen-bond acceptors (Lipinski definition) is 8. The van der Waals surface area contributed by atoms with E-state index in [-0.39, 0.29) is 25.6 Å². The van der Waals surface area contributed by atoms with Gasteiger partial charge in [0, 0.05) is 31.4 Å². The molecule has 0 aliphatic carbocycles. The van der Waals surface area contributed by atoms with E-state index in [4.69, 9.17) is 13.8 Å². The average Bonchev–Trinajstić information content (AvgIpc) is 3.27. The quantitative estimate of drug-likeness (QED) is 0.0690. The van der Waals surface area contributed by atoms with Crippen LogP contribution in [0, 0.1) is 6.92 Å². The summed E-state index contributed by atoms with van der Waals surface area (Å²) in [6.45, 7) is 4.61. The summed E-state index contributed by atoms with van der Waals surface area (Å²) in [5.41, 5.74) is -0.634. The molecule has 3 N–H and O–H groups in total. The summed E-state index contributed by atoms with van der Waals surface area (Å²) in [6.07, 6.45) is 22.8. The minimum Gasteiger partial charge on any atom is -0.384 e. The number of aliphatic hydroxyl groups is 1. The Labute approximate surface area is 282 Å². The van der Waals surface area contributed by atoms with Crippen molar-refractivity contribution in [1.82, 2.24) is 20.0 Å². The molecule has 1 aliphatic rings. The molecule has 2 rings (SSSR count). The van der Waals surface area contributed by atoms with Gasteiger partial charge in [0.15, 0.2) is 6.10 Å². The number of nitrogens with one attached hydrogen (secondary N) is 2. The van der Waals surface area contributed by atoms with Crippen LogP contribution in [-0.2, 0) is 23.1 Å². The molecule has 1 saturated heterocycles. The van der Waals surface area contributed by atoms with Crippen LogP contribution in [-0.4, -0.2) is 65.0 Å². The summed E-state index contributed by atoms with van der Waals surface area (Å²) in [5.74, 6) is -4.02. The van der Waals surface area contributed by atoms with Crippen LogP contribution in [0.25, 0.3) is 0 Å². The van der Waals surface area contributed by atoms with E-state index in [0.717, 1.165) is 44.7 Å². The van der Waals surface area contributed by atoms with Gasteiger partial charge in [0.2, 0.25) is 12.1 Å². The first-order valence-electron chi connectivity index (χ1n) is 16.5. The van der Waals surface area contributed by atoms with Crippen molar-refractivity contribution in [2.75, 3.05) is 26.3 Å². The van der Waals surface area contributed by atoms with E-state index in [1.165, 1.54) is 13.0 Å². The highest BCUT2D eigenvalue weighted by Gasteiger charge is 2.60. The SMILES string of the molecule is CC/C=C\C/C=C\C/C=C\C/C=C\C/C=C\CCCC(=O)NCCNP(=O)(OCC)OC[C@H]1O[C@@H](n2ccc(C)nc2=O)C(F)(F)[C@@H]1O. The van der Waals surface area contributed by atoms with Crippen molar-refractivity contribution in [3.63, 3.8) is 0 Å². The molecule has 4 atom stereocenters. The Morgan fingerprint density at radius 3 is 2.21 bits per heavy atom. The Kier molecular flexibility index (Phi) is 19.3. The van der Waals surface area contributed by atoms with Gasteiger partial charge < -0.3 is 15.2 Å². The standard InChI is InChI=1S/C34H51F2N4O7P/c1-4-6-7-8-9-10-11-12-13-14-15-16-17-18-19-20-21-22-30(41)37-24-25-38-48(44,45-5-2)46-27-29-31(42)34(35,36)32(47-29)40-26-23-28(3)39-33(40)43/h6-7,9-10,12-13,15-16,18-19,23,26,29,31-32,42H,4-5,8,11,14,17,20-22,24-25,27H2,1-3H3,(H,37,41)(H,38,44)/b7-6-,10-9-,13-12-,16-15-,19-18-/t29-,31-,32-,48?/m1/s1. The summed E-state index contributed by atoms with van der Waals surface area (Å²) < 4.78 is 59.0. The maximum absolute atomic E-state index is 14.8. The molecule has 2 heterocycles. The van der Waals surface area contributed by atoms with E-state index in [1.807, 2.05) is 6.08 Å². The fourth-order valence-electron chi connectivity index (χ4n) is 4.48. The number of unbranched alkanes of at least 4 members (excludes halogenated alkanes) is 1. The Balaban J connectivity index is 1.63. The third-order valence-electron chi connectivity index (χ3n) is 6.99. The molecule has 0 aromatic carbocycles. The summed E-state index contributed by atoms with van der Waals surface area (Å²) in [7, 11) is -4.00. The molecule has 1 aliphatic heterocycles. The zero-order chi connectivity index (χ0) is 35.3. The molecular weight excluding hydrogens is 645 g/mol. The van der Waals surface area contributed by atoms with Gasteiger partial charge in [-0.2, -0.15) is 13.8 Å². The number of hydrogen-bond donors (Lipinski definition) is 3. The van der Waals surface area contributed by atoms with Gasteiger partial charge in [0.05, 0.1) is 13.2 Å². The highest BCUT2D eigenvalue weighted by atomic mass is 31.2. The number of carbonyl (C=O) groups is 1. The first-order valence-corrected chi connectivity index (χ1v) is 18.0. The number of allylic oxidation sites excluding steroid dienone is 10. The molecule has 1 fully saturated rings. The van der Waals surface area contributed by atoms with Crippen LogP contribution in [0.4, 0.5) is 8.78 Å². The van der Waals surface area contributed by atoms with E-state index in [1.54, 1.807) is 6.92 Å². The Hall–Kier alpha value is -3.06. The number of carbonyl (C=O) groups excluding carboxylic acids is 1. The number of nitrogens with zero attached hydrogens (tertiary/aromatic N) is 2. The lowest BCUT2D eigenvalue weighted by atomic mass is 10.1. The monoisotopic (exact) mass is 696 g/mol. The molecule has 14 heteroatoms. The number of halogens is 2. The van der Waals surface area contributed by atoms with Gasteiger partial charge in [0.25, 0.3) is 0 Å². The molecule has 1 amide bonds. The van der Waals surface area contributed by atoms with Gasteiger partial charge in [-0.25, -0.2) is 14.4 Å². The Morgan fingerprint density at radius 1 is 1.02 bits per heavy atom. The van der Waals surface area contributed by atoms with Crippen molar-refractivity contribution >= 4 is 13.7 Å². The Morgan fingerprint density at radius 2 is 1.62 bits per heavy atom. The summed E-state index contributed by atoms with van der Waals surface area (Å²) in [4.78, 5) is 27.9. The smallest absolute Gasteiger partial charge is 0.384 e. The highest BCUT2D eigenvalue weighted by Crippen LogP contribution is 2.47. The number of aryl methyl sites for hydroxylation is 1. The van der Waals surface area contributed by atoms with Crippen molar-refractivity contribution in [3.8, 4) is 0 Å². The molecular formula is C34H51F2N4O7P. The second-order valence-corrected chi connectivity index (χ2v) is 12.8. The number of rotatable bonds is 23. The first kappa shape index (κ1) is 41.1. The van der Waals surface area contributed by atoms with Crippen LogP contribution in [0.1, 0.15) is 77.1 Å². The summed E-state index contributed by atoms with van der Waals surface area (Å²) >= 11 is 0. The minimum absolute atomic E-state index is 0.00901. The van der Waals surface area contributed by atoms with Crippen LogP contribution >= 0.6 is 7.75 Å². The lowest BCUT2D eigenvalue weighted by Gasteiger charge is -2.22. The van der Waals surface area contributed by atoms with Crippen molar-refractivity contribution < 1.29 is 37.0 Å². The zero-order valence-electron chi connectivity index (χ0n) is 28.1. The summed E-state index contributed by atoms with van der Waals surface area (Å²) in [5, 5.41) is 15.5. The third-order valence-corrected chi connectivity index (χ3v) is 8.69. The van der Waals surface area contributed by atoms with Crippen molar-refractivity contribution in [2.24, 2.45) is 0 Å². The van der Waals surface area contributed by atoms with Gasteiger partial charge >= 0.3 is 19.4 Å². The van der Waals surface area contributed by atoms with Crippen LogP contribution in [0.5, 0.6) is 0 Å². The van der Waals surface area contributed by atoms with Gasteiger partial charge in [-0.3, -0.25) is 18.4 Å². The minimum atomic E-state index is -4.00. The zero-order valence-corrected chi connectivity index (χ0v) is 29.0. The van der Waals surface area contributed by atoms with Gasteiger partial charge in [-0.1, -0.05) is 67.7 Å². The van der Waals surface area contributed by atoms with Gasteiger partial charge in [-0.15, -0.1) is 0 Å². The normalized spacial score (nSPS) is 21.0. The van der Waals surface area contributed by atoms with E-state index in [0.29, 0.717) is 23.1 Å². The van der Waals surface area contributed by atoms with E-state index in [2.05, 4.69) is 77.0 Å². The fourth-order valence-corrected chi connectivity index (χ4v) is 5.81. The molecule has 0 saturated carbocycles. The van der Waals surface area contributed by atoms with Gasteiger partial charge in [0.1, 0.15) is 6.10 Å². The molecule has 0 spiro atoms. The molecule has 0 bridgehead atoms. The second kappa shape index (κ2) is 22.6. The topological polar surface area (TPSA) is 141 Å². The maximum Gasteiger partial charge on any atom is 0.405 e. The average molecular weight is 697 g/mol. The van der Waals surface area contributed by atoms with Crippen LogP contribution < -0.4 is 16.1 Å². The van der Waals surface area contributed by atoms with Crippen molar-refractivity contribution in [3.05, 3.63) is 89.2 Å². The predicted octanol–water partition coefficient (Wildman–Crippen LogP) is 6.23. The largest absolute Gasteiger partial charge is 0.405 e. The van der Waals surface area contributed by atoms with Crippen molar-refractivity contribution in [1.29, 1.82) is 0 Å². The fraction of sp³-hybridized carbons (Fsp3) is 0.559. The number of amides is 1. The Bertz CT molecular complexity index is 1360. The van der Waals surface area contributed by atoms with Crippen LogP contribution in [0.15, 0.2) is 77.8 Å². The molecule has 1 unspecified atom stereocenters. The van der Waals surface area contributed by atoms with Crippen molar-refractivity contribution in [2.45, 2.75) is 96.5 Å². The van der Waals surface area contributed by atoms with E-state index in [9.17, 15) is 28.0 Å². The number of aliphatic hydroxyl groups excluding tert-OH is 1. The molecule has 1 aromatic rings. The number of ether oxygens (including phenoxy) is 1. The summed E-state index contributed by atoms with van der Waals surface area (Å²) in [6, 6.07) is 1.36. The first-order chi connectivity index (χ1) is 23.0. The molecule has 0 radical (unpaired) electrons. The maximum atomic E-state index is 14.8. The third kappa shape index (κ3) is 15.0. The highest BCUT2D eigenvalue weighted by molar-refractivity contribution is 7.51. The van der Waals surface area contributed by atoms with Crippen LogP contribution in [0.3, 0.4) is 0 Å². The molecule has 268 valence electrons. The van der Waals surface area contributed by atoms with E-state index < -0.39 is 44.4 Å². The second-order valence-electron chi connectivity index (χ2n) is 11.0. The molecule has 11 nitrogen and oxygen atoms in total. The predicted molar refractivity (Wildman–Crippen MR) is 183 cm³/mol.